The van der Waals surface area contributed by atoms with E-state index in [0.717, 1.165) is 32.5 Å². The molecule has 2 atom stereocenters. The van der Waals surface area contributed by atoms with Gasteiger partial charge in [-0.2, -0.15) is 0 Å². The second kappa shape index (κ2) is 5.32. The number of likely N-dealkylation sites (tertiary alicyclic amines) is 1. The molecule has 1 rings (SSSR count). The van der Waals surface area contributed by atoms with E-state index in [-0.39, 0.29) is 18.0 Å². The SMILES string of the molecule is CCCNC(=O)C(C)N1CC[C@H](N)C1. The molecule has 1 fully saturated rings. The Balaban J connectivity index is 2.32. The van der Waals surface area contributed by atoms with Gasteiger partial charge in [-0.3, -0.25) is 9.69 Å². The van der Waals surface area contributed by atoms with Crippen LogP contribution in [0.2, 0.25) is 0 Å². The highest BCUT2D eigenvalue weighted by Crippen LogP contribution is 2.10. The van der Waals surface area contributed by atoms with Crippen molar-refractivity contribution in [2.75, 3.05) is 19.6 Å². The molecule has 4 nitrogen and oxygen atoms in total. The summed E-state index contributed by atoms with van der Waals surface area (Å²) in [5, 5.41) is 2.90. The maximum absolute atomic E-state index is 11.6. The Morgan fingerprint density at radius 1 is 1.71 bits per heavy atom. The van der Waals surface area contributed by atoms with Gasteiger partial charge in [-0.15, -0.1) is 0 Å². The summed E-state index contributed by atoms with van der Waals surface area (Å²) >= 11 is 0. The minimum atomic E-state index is -0.0323. The van der Waals surface area contributed by atoms with E-state index in [4.69, 9.17) is 5.73 Å². The van der Waals surface area contributed by atoms with Crippen molar-refractivity contribution in [2.45, 2.75) is 38.8 Å². The maximum atomic E-state index is 11.6. The number of hydrogen-bond acceptors (Lipinski definition) is 3. The second-order valence-electron chi connectivity index (χ2n) is 4.01. The average Bonchev–Trinajstić information content (AvgIpc) is 2.60. The van der Waals surface area contributed by atoms with Gasteiger partial charge < -0.3 is 11.1 Å². The van der Waals surface area contributed by atoms with Crippen LogP contribution in [0.25, 0.3) is 0 Å². The fourth-order valence-corrected chi connectivity index (χ4v) is 1.73. The molecule has 0 aromatic carbocycles. The van der Waals surface area contributed by atoms with Gasteiger partial charge >= 0.3 is 0 Å². The third-order valence-electron chi connectivity index (χ3n) is 2.73. The van der Waals surface area contributed by atoms with E-state index < -0.39 is 0 Å². The van der Waals surface area contributed by atoms with Crippen molar-refractivity contribution in [3.05, 3.63) is 0 Å². The Bertz CT molecular complexity index is 196. The smallest absolute Gasteiger partial charge is 0.237 e. The lowest BCUT2D eigenvalue weighted by Gasteiger charge is -2.22. The van der Waals surface area contributed by atoms with Gasteiger partial charge in [0.25, 0.3) is 0 Å². The molecule has 3 N–H and O–H groups in total. The first-order chi connectivity index (χ1) is 6.65. The molecule has 0 saturated carbocycles. The Morgan fingerprint density at radius 3 is 2.93 bits per heavy atom. The van der Waals surface area contributed by atoms with E-state index in [1.165, 1.54) is 0 Å². The minimum absolute atomic E-state index is 0.0323. The molecular formula is C10H21N3O. The van der Waals surface area contributed by atoms with E-state index in [1.807, 2.05) is 6.92 Å². The maximum Gasteiger partial charge on any atom is 0.237 e. The predicted molar refractivity (Wildman–Crippen MR) is 56.9 cm³/mol. The van der Waals surface area contributed by atoms with Gasteiger partial charge in [-0.25, -0.2) is 0 Å². The molecule has 1 aliphatic heterocycles. The number of carbonyl (C=O) groups is 1. The topological polar surface area (TPSA) is 58.4 Å². The van der Waals surface area contributed by atoms with Crippen LogP contribution in [0, 0.1) is 0 Å². The monoisotopic (exact) mass is 199 g/mol. The molecule has 0 aromatic rings. The molecule has 0 bridgehead atoms. The normalized spacial score (nSPS) is 24.9. The summed E-state index contributed by atoms with van der Waals surface area (Å²) in [6.45, 7) is 6.56. The molecule has 0 spiro atoms. The molecule has 0 radical (unpaired) electrons. The van der Waals surface area contributed by atoms with Gasteiger partial charge in [0.15, 0.2) is 0 Å². The Labute approximate surface area is 85.8 Å². The summed E-state index contributed by atoms with van der Waals surface area (Å²) in [6, 6.07) is 0.214. The first-order valence-electron chi connectivity index (χ1n) is 5.42. The first-order valence-corrected chi connectivity index (χ1v) is 5.42. The molecule has 1 unspecified atom stereocenters. The summed E-state index contributed by atoms with van der Waals surface area (Å²) in [5.41, 5.74) is 5.79. The van der Waals surface area contributed by atoms with E-state index in [0.29, 0.717) is 0 Å². The zero-order valence-electron chi connectivity index (χ0n) is 9.12. The third kappa shape index (κ3) is 2.96. The first kappa shape index (κ1) is 11.5. The molecule has 1 amide bonds. The van der Waals surface area contributed by atoms with Gasteiger partial charge in [-0.1, -0.05) is 6.92 Å². The summed E-state index contributed by atoms with van der Waals surface area (Å²) in [4.78, 5) is 13.8. The highest BCUT2D eigenvalue weighted by molar-refractivity contribution is 5.81. The highest BCUT2D eigenvalue weighted by atomic mass is 16.2. The molecule has 4 heteroatoms. The fraction of sp³-hybridized carbons (Fsp3) is 0.900. The Hall–Kier alpha value is -0.610. The van der Waals surface area contributed by atoms with Crippen molar-refractivity contribution in [2.24, 2.45) is 5.73 Å². The highest BCUT2D eigenvalue weighted by Gasteiger charge is 2.27. The van der Waals surface area contributed by atoms with Crippen molar-refractivity contribution in [1.82, 2.24) is 10.2 Å². The largest absolute Gasteiger partial charge is 0.355 e. The minimum Gasteiger partial charge on any atom is -0.355 e. The van der Waals surface area contributed by atoms with Crippen LogP contribution in [0.15, 0.2) is 0 Å². The van der Waals surface area contributed by atoms with Crippen molar-refractivity contribution in [3.63, 3.8) is 0 Å². The van der Waals surface area contributed by atoms with Crippen LogP contribution >= 0.6 is 0 Å². The number of nitrogens with zero attached hydrogens (tertiary/aromatic N) is 1. The summed E-state index contributed by atoms with van der Waals surface area (Å²) in [5.74, 6) is 0.126. The molecular weight excluding hydrogens is 178 g/mol. The average molecular weight is 199 g/mol. The molecule has 14 heavy (non-hydrogen) atoms. The van der Waals surface area contributed by atoms with Crippen LogP contribution in [0.5, 0.6) is 0 Å². The number of nitrogens with two attached hydrogens (primary N) is 1. The predicted octanol–water partition coefficient (Wildman–Crippen LogP) is -0.0659. The molecule has 0 aliphatic carbocycles. The quantitative estimate of drug-likeness (QED) is 0.666. The van der Waals surface area contributed by atoms with E-state index in [9.17, 15) is 4.79 Å². The Morgan fingerprint density at radius 2 is 2.43 bits per heavy atom. The zero-order valence-corrected chi connectivity index (χ0v) is 9.12. The standard InChI is InChI=1S/C10H21N3O/c1-3-5-12-10(14)8(2)13-6-4-9(11)7-13/h8-9H,3-7,11H2,1-2H3,(H,12,14)/t8?,9-/m0/s1. The lowest BCUT2D eigenvalue weighted by molar-refractivity contribution is -0.125. The second-order valence-corrected chi connectivity index (χ2v) is 4.01. The number of rotatable bonds is 4. The number of amides is 1. The van der Waals surface area contributed by atoms with Crippen LogP contribution in [0.3, 0.4) is 0 Å². The van der Waals surface area contributed by atoms with Gasteiger partial charge in [-0.05, 0) is 19.8 Å². The van der Waals surface area contributed by atoms with E-state index in [2.05, 4.69) is 17.1 Å². The Kier molecular flexibility index (Phi) is 4.35. The van der Waals surface area contributed by atoms with Crippen molar-refractivity contribution >= 4 is 5.91 Å². The van der Waals surface area contributed by atoms with Crippen LogP contribution in [-0.2, 0) is 4.79 Å². The van der Waals surface area contributed by atoms with Gasteiger partial charge in [0.1, 0.15) is 0 Å². The molecule has 82 valence electrons. The van der Waals surface area contributed by atoms with Gasteiger partial charge in [0.2, 0.25) is 5.91 Å². The van der Waals surface area contributed by atoms with Crippen LogP contribution in [0.4, 0.5) is 0 Å². The third-order valence-corrected chi connectivity index (χ3v) is 2.73. The van der Waals surface area contributed by atoms with Crippen molar-refractivity contribution in [3.8, 4) is 0 Å². The van der Waals surface area contributed by atoms with E-state index >= 15 is 0 Å². The molecule has 1 saturated heterocycles. The molecule has 0 aromatic heterocycles. The van der Waals surface area contributed by atoms with Crippen molar-refractivity contribution < 1.29 is 4.79 Å². The van der Waals surface area contributed by atoms with Crippen LogP contribution in [0.1, 0.15) is 26.7 Å². The lowest BCUT2D eigenvalue weighted by atomic mass is 10.2. The van der Waals surface area contributed by atoms with Crippen LogP contribution < -0.4 is 11.1 Å². The van der Waals surface area contributed by atoms with Crippen LogP contribution in [-0.4, -0.2) is 42.5 Å². The van der Waals surface area contributed by atoms with E-state index in [1.54, 1.807) is 0 Å². The van der Waals surface area contributed by atoms with Gasteiger partial charge in [0.05, 0.1) is 6.04 Å². The molecule has 1 heterocycles. The lowest BCUT2D eigenvalue weighted by Crippen LogP contribution is -2.45. The van der Waals surface area contributed by atoms with Gasteiger partial charge in [0, 0.05) is 25.7 Å². The summed E-state index contributed by atoms with van der Waals surface area (Å²) in [6.07, 6.45) is 1.99. The zero-order chi connectivity index (χ0) is 10.6. The van der Waals surface area contributed by atoms with Crippen molar-refractivity contribution in [1.29, 1.82) is 0 Å². The summed E-state index contributed by atoms with van der Waals surface area (Å²) < 4.78 is 0. The summed E-state index contributed by atoms with van der Waals surface area (Å²) in [7, 11) is 0. The number of carbonyl (C=O) groups excluding carboxylic acids is 1. The fourth-order valence-electron chi connectivity index (χ4n) is 1.73. The number of nitrogens with one attached hydrogen (secondary N) is 1. The molecule has 1 aliphatic rings. The number of hydrogen-bond donors (Lipinski definition) is 2.